The average Bonchev–Trinajstić information content (AvgIpc) is 2.48. The van der Waals surface area contributed by atoms with Crippen LogP contribution in [0.5, 0.6) is 5.88 Å². The summed E-state index contributed by atoms with van der Waals surface area (Å²) in [6, 6.07) is 4.63. The molecule has 0 bridgehead atoms. The van der Waals surface area contributed by atoms with Crippen molar-refractivity contribution in [2.24, 2.45) is 11.8 Å². The van der Waals surface area contributed by atoms with Gasteiger partial charge in [-0.15, -0.1) is 0 Å². The number of ether oxygens (including phenoxy) is 1. The van der Waals surface area contributed by atoms with Crippen LogP contribution >= 0.6 is 0 Å². The van der Waals surface area contributed by atoms with E-state index in [0.29, 0.717) is 11.9 Å². The minimum Gasteiger partial charge on any atom is -0.481 e. The maximum absolute atomic E-state index is 5.09. The molecule has 2 fully saturated rings. The van der Waals surface area contributed by atoms with Gasteiger partial charge in [-0.25, -0.2) is 4.98 Å². The molecule has 2 saturated carbocycles. The van der Waals surface area contributed by atoms with Crippen molar-refractivity contribution in [2.45, 2.75) is 51.0 Å². The van der Waals surface area contributed by atoms with Gasteiger partial charge >= 0.3 is 0 Å². The van der Waals surface area contributed by atoms with Crippen molar-refractivity contribution >= 4 is 5.69 Å². The second-order valence-corrected chi connectivity index (χ2v) is 6.05. The Balaban J connectivity index is 1.57. The minimum atomic E-state index is 0.634. The second kappa shape index (κ2) is 5.81. The highest BCUT2D eigenvalue weighted by Gasteiger charge is 2.31. The molecule has 2 aliphatic rings. The summed E-state index contributed by atoms with van der Waals surface area (Å²) in [7, 11) is 1.65. The summed E-state index contributed by atoms with van der Waals surface area (Å²) in [5.74, 6) is 2.66. The van der Waals surface area contributed by atoms with Crippen LogP contribution < -0.4 is 10.1 Å². The van der Waals surface area contributed by atoms with E-state index < -0.39 is 0 Å². The summed E-state index contributed by atoms with van der Waals surface area (Å²) in [5.41, 5.74) is 1.13. The highest BCUT2D eigenvalue weighted by atomic mass is 16.5. The van der Waals surface area contributed by atoms with Gasteiger partial charge in [-0.05, 0) is 37.2 Å². The van der Waals surface area contributed by atoms with Gasteiger partial charge in [0.2, 0.25) is 5.88 Å². The predicted octanol–water partition coefficient (Wildman–Crippen LogP) is 3.86. The molecule has 19 heavy (non-hydrogen) atoms. The van der Waals surface area contributed by atoms with Gasteiger partial charge in [0.25, 0.3) is 0 Å². The van der Waals surface area contributed by atoms with Crippen LogP contribution in [0.25, 0.3) is 0 Å². The van der Waals surface area contributed by atoms with Gasteiger partial charge in [-0.1, -0.05) is 25.7 Å². The van der Waals surface area contributed by atoms with Gasteiger partial charge in [0, 0.05) is 12.1 Å². The van der Waals surface area contributed by atoms with Crippen LogP contribution in [-0.4, -0.2) is 18.1 Å². The lowest BCUT2D eigenvalue weighted by molar-refractivity contribution is 0.162. The van der Waals surface area contributed by atoms with E-state index in [1.807, 2.05) is 12.3 Å². The number of hydrogen-bond donors (Lipinski definition) is 1. The fraction of sp³-hybridized carbons (Fsp3) is 0.688. The maximum Gasteiger partial charge on any atom is 0.213 e. The highest BCUT2D eigenvalue weighted by molar-refractivity contribution is 5.43. The van der Waals surface area contributed by atoms with Gasteiger partial charge < -0.3 is 10.1 Å². The Labute approximate surface area is 115 Å². The molecule has 0 radical (unpaired) electrons. The summed E-state index contributed by atoms with van der Waals surface area (Å²) in [4.78, 5) is 4.26. The zero-order chi connectivity index (χ0) is 13.1. The van der Waals surface area contributed by atoms with Gasteiger partial charge in [-0.3, -0.25) is 0 Å². The number of methoxy groups -OCH3 is 1. The molecule has 1 N–H and O–H groups in total. The van der Waals surface area contributed by atoms with Crippen molar-refractivity contribution in [3.63, 3.8) is 0 Å². The van der Waals surface area contributed by atoms with Crippen LogP contribution in [0.3, 0.4) is 0 Å². The average molecular weight is 260 g/mol. The monoisotopic (exact) mass is 260 g/mol. The summed E-state index contributed by atoms with van der Waals surface area (Å²) < 4.78 is 5.09. The quantitative estimate of drug-likeness (QED) is 0.896. The first kappa shape index (κ1) is 12.8. The lowest BCUT2D eigenvalue weighted by Gasteiger charge is -2.39. The topological polar surface area (TPSA) is 34.1 Å². The molecule has 3 heteroatoms. The molecule has 0 aromatic carbocycles. The molecule has 1 aromatic heterocycles. The van der Waals surface area contributed by atoms with Crippen LogP contribution in [0.1, 0.15) is 44.9 Å². The van der Waals surface area contributed by atoms with Gasteiger partial charge in [0.15, 0.2) is 0 Å². The Morgan fingerprint density at radius 1 is 1.11 bits per heavy atom. The lowest BCUT2D eigenvalue weighted by atomic mass is 9.69. The third kappa shape index (κ3) is 3.02. The Morgan fingerprint density at radius 2 is 1.95 bits per heavy atom. The van der Waals surface area contributed by atoms with Crippen molar-refractivity contribution < 1.29 is 4.74 Å². The molecule has 3 atom stereocenters. The van der Waals surface area contributed by atoms with E-state index in [4.69, 9.17) is 4.74 Å². The SMILES string of the molecule is COc1ccc(NC2CCC3CCCCC3C2)cn1. The van der Waals surface area contributed by atoms with E-state index in [2.05, 4.69) is 16.4 Å². The molecule has 0 aliphatic heterocycles. The maximum atomic E-state index is 5.09. The predicted molar refractivity (Wildman–Crippen MR) is 77.5 cm³/mol. The summed E-state index contributed by atoms with van der Waals surface area (Å²) in [6.45, 7) is 0. The van der Waals surface area contributed by atoms with Gasteiger partial charge in [-0.2, -0.15) is 0 Å². The zero-order valence-electron chi connectivity index (χ0n) is 11.8. The van der Waals surface area contributed by atoms with Crippen LogP contribution in [0, 0.1) is 11.8 Å². The number of aromatic nitrogens is 1. The second-order valence-electron chi connectivity index (χ2n) is 6.05. The first-order valence-electron chi connectivity index (χ1n) is 7.62. The van der Waals surface area contributed by atoms with Crippen LogP contribution in [0.2, 0.25) is 0 Å². The Kier molecular flexibility index (Phi) is 3.90. The highest BCUT2D eigenvalue weighted by Crippen LogP contribution is 2.41. The molecular formula is C16H24N2O. The van der Waals surface area contributed by atoms with E-state index in [1.165, 1.54) is 44.9 Å². The van der Waals surface area contributed by atoms with Crippen molar-refractivity contribution in [3.05, 3.63) is 18.3 Å². The summed E-state index contributed by atoms with van der Waals surface area (Å²) >= 11 is 0. The first-order chi connectivity index (χ1) is 9.35. The fourth-order valence-electron chi connectivity index (χ4n) is 3.83. The van der Waals surface area contributed by atoms with Gasteiger partial charge in [0.1, 0.15) is 0 Å². The Bertz CT molecular complexity index is 404. The number of hydrogen-bond acceptors (Lipinski definition) is 3. The van der Waals surface area contributed by atoms with Crippen molar-refractivity contribution in [2.75, 3.05) is 12.4 Å². The molecule has 1 aromatic rings. The van der Waals surface area contributed by atoms with Crippen LogP contribution in [-0.2, 0) is 0 Å². The van der Waals surface area contributed by atoms with E-state index in [1.54, 1.807) is 7.11 Å². The number of anilines is 1. The van der Waals surface area contributed by atoms with Crippen molar-refractivity contribution in [1.29, 1.82) is 0 Å². The standard InChI is InChI=1S/C16H24N2O/c1-19-16-9-8-15(11-17-16)18-14-7-6-12-4-2-3-5-13(12)10-14/h8-9,11-14,18H,2-7,10H2,1H3. The van der Waals surface area contributed by atoms with E-state index >= 15 is 0 Å². The van der Waals surface area contributed by atoms with E-state index in [-0.39, 0.29) is 0 Å². The minimum absolute atomic E-state index is 0.634. The molecule has 3 nitrogen and oxygen atoms in total. The van der Waals surface area contributed by atoms with Crippen molar-refractivity contribution in [3.8, 4) is 5.88 Å². The summed E-state index contributed by atoms with van der Waals surface area (Å²) in [6.07, 6.45) is 11.8. The molecule has 1 heterocycles. The molecule has 0 spiro atoms. The number of rotatable bonds is 3. The van der Waals surface area contributed by atoms with Crippen molar-refractivity contribution in [1.82, 2.24) is 4.98 Å². The zero-order valence-corrected chi connectivity index (χ0v) is 11.8. The van der Waals surface area contributed by atoms with E-state index in [9.17, 15) is 0 Å². The fourth-order valence-corrected chi connectivity index (χ4v) is 3.83. The molecule has 3 unspecified atom stereocenters. The molecule has 0 amide bonds. The number of nitrogens with zero attached hydrogens (tertiary/aromatic N) is 1. The Morgan fingerprint density at radius 3 is 2.68 bits per heavy atom. The lowest BCUT2D eigenvalue weighted by Crippen LogP contribution is -2.34. The molecule has 3 rings (SSSR count). The first-order valence-corrected chi connectivity index (χ1v) is 7.62. The number of fused-ring (bicyclic) bond motifs is 1. The molecule has 104 valence electrons. The molecular weight excluding hydrogens is 236 g/mol. The third-order valence-electron chi connectivity index (χ3n) is 4.86. The van der Waals surface area contributed by atoms with Crippen LogP contribution in [0.15, 0.2) is 18.3 Å². The summed E-state index contributed by atoms with van der Waals surface area (Å²) in [5, 5.41) is 3.65. The Hall–Kier alpha value is -1.25. The smallest absolute Gasteiger partial charge is 0.213 e. The van der Waals surface area contributed by atoms with Gasteiger partial charge in [0.05, 0.1) is 19.0 Å². The number of nitrogens with one attached hydrogen (secondary N) is 1. The largest absolute Gasteiger partial charge is 0.481 e. The molecule has 2 aliphatic carbocycles. The molecule has 0 saturated heterocycles. The normalized spacial score (nSPS) is 30.5. The van der Waals surface area contributed by atoms with Crippen LogP contribution in [0.4, 0.5) is 5.69 Å². The number of pyridine rings is 1. The third-order valence-corrected chi connectivity index (χ3v) is 4.86. The van der Waals surface area contributed by atoms with E-state index in [0.717, 1.165) is 17.5 Å².